The summed E-state index contributed by atoms with van der Waals surface area (Å²) in [6.45, 7) is 3.51. The van der Waals surface area contributed by atoms with E-state index in [2.05, 4.69) is 15.1 Å². The molecule has 1 aromatic carbocycles. The summed E-state index contributed by atoms with van der Waals surface area (Å²) >= 11 is 0. The van der Waals surface area contributed by atoms with E-state index in [1.54, 1.807) is 26.2 Å². The number of rotatable bonds is 2. The van der Waals surface area contributed by atoms with Gasteiger partial charge >= 0.3 is 6.18 Å². The number of nitrogens with zero attached hydrogens (tertiary/aromatic N) is 3. The summed E-state index contributed by atoms with van der Waals surface area (Å²) in [6, 6.07) is 4.92. The van der Waals surface area contributed by atoms with Crippen molar-refractivity contribution in [2.75, 3.05) is 0 Å². The predicted octanol–water partition coefficient (Wildman–Crippen LogP) is 3.08. The van der Waals surface area contributed by atoms with Crippen molar-refractivity contribution in [3.63, 3.8) is 0 Å². The largest absolute Gasteiger partial charge is 0.416 e. The molecule has 0 saturated heterocycles. The number of fused-ring (bicyclic) bond motifs is 1. The fourth-order valence-corrected chi connectivity index (χ4v) is 3.27. The van der Waals surface area contributed by atoms with Crippen LogP contribution in [-0.4, -0.2) is 19.7 Å². The van der Waals surface area contributed by atoms with Crippen LogP contribution in [0.2, 0.25) is 0 Å². The molecule has 1 N–H and O–H groups in total. The van der Waals surface area contributed by atoms with Gasteiger partial charge in [0.2, 0.25) is 0 Å². The Morgan fingerprint density at radius 1 is 1.30 bits per heavy atom. The SMILES string of the molecule is Cc1nc(-n2cc([C@@]3(C)OCc4cc(C(F)(F)F)ccc43)cn2)cc(=O)[nH]1. The van der Waals surface area contributed by atoms with E-state index in [0.29, 0.717) is 28.3 Å². The summed E-state index contributed by atoms with van der Waals surface area (Å²) in [5.41, 5.74) is -0.138. The molecule has 3 aromatic rings. The quantitative estimate of drug-likeness (QED) is 0.746. The maximum atomic E-state index is 12.9. The highest BCUT2D eigenvalue weighted by atomic mass is 19.4. The average molecular weight is 376 g/mol. The summed E-state index contributed by atoms with van der Waals surface area (Å²) < 4.78 is 46.1. The Kier molecular flexibility index (Phi) is 3.74. The lowest BCUT2D eigenvalue weighted by molar-refractivity contribution is -0.137. The van der Waals surface area contributed by atoms with Gasteiger partial charge in [0, 0.05) is 17.8 Å². The van der Waals surface area contributed by atoms with E-state index < -0.39 is 17.3 Å². The molecule has 0 unspecified atom stereocenters. The molecule has 140 valence electrons. The summed E-state index contributed by atoms with van der Waals surface area (Å²) in [7, 11) is 0. The lowest BCUT2D eigenvalue weighted by Gasteiger charge is -2.23. The molecule has 3 heterocycles. The molecule has 6 nitrogen and oxygen atoms in total. The molecular weight excluding hydrogens is 361 g/mol. The number of aromatic amines is 1. The van der Waals surface area contributed by atoms with Crippen molar-refractivity contribution in [3.8, 4) is 5.82 Å². The Morgan fingerprint density at radius 2 is 2.07 bits per heavy atom. The minimum Gasteiger partial charge on any atom is -0.361 e. The number of alkyl halides is 3. The summed E-state index contributed by atoms with van der Waals surface area (Å²) in [5, 5.41) is 4.23. The minimum atomic E-state index is -4.40. The van der Waals surface area contributed by atoms with Crippen LogP contribution in [0.5, 0.6) is 0 Å². The van der Waals surface area contributed by atoms with Gasteiger partial charge in [-0.15, -0.1) is 0 Å². The second kappa shape index (κ2) is 5.78. The molecule has 0 aliphatic carbocycles. The average Bonchev–Trinajstić information content (AvgIpc) is 3.19. The van der Waals surface area contributed by atoms with Crippen molar-refractivity contribution in [3.05, 3.63) is 75.1 Å². The smallest absolute Gasteiger partial charge is 0.361 e. The first-order valence-electron chi connectivity index (χ1n) is 8.15. The molecule has 0 saturated carbocycles. The van der Waals surface area contributed by atoms with Crippen LogP contribution in [0.4, 0.5) is 13.2 Å². The molecule has 9 heteroatoms. The van der Waals surface area contributed by atoms with Gasteiger partial charge in [-0.05, 0) is 37.1 Å². The van der Waals surface area contributed by atoms with Crippen molar-refractivity contribution in [1.29, 1.82) is 0 Å². The first-order chi connectivity index (χ1) is 12.7. The van der Waals surface area contributed by atoms with Crippen molar-refractivity contribution >= 4 is 0 Å². The molecule has 27 heavy (non-hydrogen) atoms. The number of hydrogen-bond acceptors (Lipinski definition) is 4. The normalized spacial score (nSPS) is 19.3. The zero-order valence-electron chi connectivity index (χ0n) is 14.5. The fourth-order valence-electron chi connectivity index (χ4n) is 3.27. The number of benzene rings is 1. The van der Waals surface area contributed by atoms with Crippen molar-refractivity contribution in [2.24, 2.45) is 0 Å². The van der Waals surface area contributed by atoms with Crippen LogP contribution in [0.1, 0.15) is 35.0 Å². The van der Waals surface area contributed by atoms with Crippen molar-refractivity contribution < 1.29 is 17.9 Å². The van der Waals surface area contributed by atoms with Gasteiger partial charge in [-0.1, -0.05) is 6.07 Å². The van der Waals surface area contributed by atoms with Gasteiger partial charge in [0.15, 0.2) is 5.82 Å². The monoisotopic (exact) mass is 376 g/mol. The highest BCUT2D eigenvalue weighted by Crippen LogP contribution is 2.43. The van der Waals surface area contributed by atoms with Gasteiger partial charge in [0.05, 0.1) is 18.4 Å². The number of nitrogens with one attached hydrogen (secondary N) is 1. The third-order valence-electron chi connectivity index (χ3n) is 4.68. The molecule has 1 aliphatic heterocycles. The third-order valence-corrected chi connectivity index (χ3v) is 4.68. The predicted molar refractivity (Wildman–Crippen MR) is 89.4 cm³/mol. The van der Waals surface area contributed by atoms with E-state index in [-0.39, 0.29) is 12.2 Å². The Bertz CT molecular complexity index is 1090. The van der Waals surface area contributed by atoms with Gasteiger partial charge in [-0.25, -0.2) is 9.67 Å². The molecule has 0 radical (unpaired) electrons. The molecule has 1 atom stereocenters. The second-order valence-corrected chi connectivity index (χ2v) is 6.55. The van der Waals surface area contributed by atoms with E-state index in [9.17, 15) is 18.0 Å². The molecule has 0 amide bonds. The zero-order valence-corrected chi connectivity index (χ0v) is 14.5. The van der Waals surface area contributed by atoms with E-state index in [4.69, 9.17) is 4.74 Å². The van der Waals surface area contributed by atoms with E-state index in [0.717, 1.165) is 12.1 Å². The number of aromatic nitrogens is 4. The molecule has 2 aromatic heterocycles. The minimum absolute atomic E-state index is 0.0727. The third kappa shape index (κ3) is 2.93. The van der Waals surface area contributed by atoms with Crippen LogP contribution in [0.3, 0.4) is 0 Å². The molecule has 0 bridgehead atoms. The number of H-pyrrole nitrogens is 1. The number of hydrogen-bond donors (Lipinski definition) is 1. The summed E-state index contributed by atoms with van der Waals surface area (Å²) in [6.07, 6.45) is -1.18. The van der Waals surface area contributed by atoms with Gasteiger partial charge in [-0.2, -0.15) is 18.3 Å². The van der Waals surface area contributed by atoms with Gasteiger partial charge in [0.25, 0.3) is 5.56 Å². The molecule has 0 spiro atoms. The van der Waals surface area contributed by atoms with Crippen LogP contribution in [0.25, 0.3) is 5.82 Å². The van der Waals surface area contributed by atoms with E-state index in [1.807, 2.05) is 0 Å². The first kappa shape index (κ1) is 17.5. The highest BCUT2D eigenvalue weighted by Gasteiger charge is 2.40. The Hall–Kier alpha value is -2.94. The standard InChI is InChI=1S/C18H15F3N4O2/c1-10-23-15(6-16(26)24-10)25-8-13(7-22-25)17(2)14-4-3-12(18(19,20)21)5-11(14)9-27-17/h3-8H,9H2,1-2H3,(H,23,24,26)/t17-/m1/s1. The maximum absolute atomic E-state index is 12.9. The Labute approximate surface area is 151 Å². The molecule has 0 fully saturated rings. The number of halogens is 3. The van der Waals surface area contributed by atoms with E-state index >= 15 is 0 Å². The second-order valence-electron chi connectivity index (χ2n) is 6.55. The van der Waals surface area contributed by atoms with Gasteiger partial charge in [0.1, 0.15) is 11.4 Å². The number of aryl methyl sites for hydroxylation is 1. The lowest BCUT2D eigenvalue weighted by atomic mass is 9.88. The first-order valence-corrected chi connectivity index (χ1v) is 8.15. The zero-order chi connectivity index (χ0) is 19.4. The Morgan fingerprint density at radius 3 is 2.78 bits per heavy atom. The fraction of sp³-hybridized carbons (Fsp3) is 0.278. The summed E-state index contributed by atoms with van der Waals surface area (Å²) in [5.74, 6) is 0.791. The van der Waals surface area contributed by atoms with Crippen LogP contribution >= 0.6 is 0 Å². The van der Waals surface area contributed by atoms with Crippen molar-refractivity contribution in [1.82, 2.24) is 19.7 Å². The topological polar surface area (TPSA) is 72.8 Å². The maximum Gasteiger partial charge on any atom is 0.416 e. The van der Waals surface area contributed by atoms with E-state index in [1.165, 1.54) is 16.8 Å². The van der Waals surface area contributed by atoms with Gasteiger partial charge < -0.3 is 9.72 Å². The molecule has 1 aliphatic rings. The summed E-state index contributed by atoms with van der Waals surface area (Å²) in [4.78, 5) is 18.4. The lowest BCUT2D eigenvalue weighted by Crippen LogP contribution is -2.22. The molecular formula is C18H15F3N4O2. The Balaban J connectivity index is 1.74. The number of ether oxygens (including phenoxy) is 1. The van der Waals surface area contributed by atoms with Gasteiger partial charge in [-0.3, -0.25) is 4.79 Å². The van der Waals surface area contributed by atoms with Crippen molar-refractivity contribution in [2.45, 2.75) is 32.2 Å². The van der Waals surface area contributed by atoms with Crippen LogP contribution < -0.4 is 5.56 Å². The van der Waals surface area contributed by atoms with Crippen LogP contribution in [-0.2, 0) is 23.1 Å². The van der Waals surface area contributed by atoms with Crippen LogP contribution in [0, 0.1) is 6.92 Å². The van der Waals surface area contributed by atoms with Crippen LogP contribution in [0.15, 0.2) is 41.5 Å². The molecule has 4 rings (SSSR count). The highest BCUT2D eigenvalue weighted by molar-refractivity contribution is 5.45.